The lowest BCUT2D eigenvalue weighted by Gasteiger charge is -2.27. The van der Waals surface area contributed by atoms with Crippen LogP contribution >= 0.6 is 36.4 Å². The summed E-state index contributed by atoms with van der Waals surface area (Å²) in [6.07, 6.45) is 4.01. The van der Waals surface area contributed by atoms with Crippen molar-refractivity contribution in [1.29, 1.82) is 0 Å². The summed E-state index contributed by atoms with van der Waals surface area (Å²) in [6.45, 7) is 5.97. The third kappa shape index (κ3) is 6.80. The van der Waals surface area contributed by atoms with Crippen molar-refractivity contribution < 1.29 is 4.79 Å². The van der Waals surface area contributed by atoms with Crippen molar-refractivity contribution in [3.63, 3.8) is 0 Å². The summed E-state index contributed by atoms with van der Waals surface area (Å²) in [5, 5.41) is 6.60. The van der Waals surface area contributed by atoms with E-state index in [2.05, 4.69) is 20.5 Å². The van der Waals surface area contributed by atoms with E-state index in [1.807, 2.05) is 0 Å². The normalized spacial score (nSPS) is 14.7. The molecule has 0 radical (unpaired) electrons. The SMILES string of the molecule is Cl.Cl.O=C(NCCCN1CCNCC1)c1ccncc1Cl. The molecule has 0 atom stereocenters. The van der Waals surface area contributed by atoms with Gasteiger partial charge in [0, 0.05) is 45.1 Å². The van der Waals surface area contributed by atoms with E-state index in [-0.39, 0.29) is 30.7 Å². The maximum absolute atomic E-state index is 11.9. The van der Waals surface area contributed by atoms with Crippen molar-refractivity contribution in [1.82, 2.24) is 20.5 Å². The molecule has 0 aromatic carbocycles. The summed E-state index contributed by atoms with van der Waals surface area (Å²) in [5.74, 6) is -0.132. The third-order valence-corrected chi connectivity index (χ3v) is 3.46. The summed E-state index contributed by atoms with van der Waals surface area (Å²) >= 11 is 5.92. The molecular formula is C13H21Cl3N4O. The fraction of sp³-hybridized carbons (Fsp3) is 0.538. The summed E-state index contributed by atoms with van der Waals surface area (Å²) in [7, 11) is 0. The van der Waals surface area contributed by atoms with Gasteiger partial charge in [0.15, 0.2) is 0 Å². The zero-order valence-corrected chi connectivity index (χ0v) is 14.1. The van der Waals surface area contributed by atoms with Crippen LogP contribution in [0.2, 0.25) is 5.02 Å². The molecule has 2 rings (SSSR count). The Labute approximate surface area is 142 Å². The number of rotatable bonds is 5. The van der Waals surface area contributed by atoms with Crippen LogP contribution in [0.3, 0.4) is 0 Å². The van der Waals surface area contributed by atoms with Gasteiger partial charge in [-0.15, -0.1) is 24.8 Å². The monoisotopic (exact) mass is 354 g/mol. The van der Waals surface area contributed by atoms with Crippen LogP contribution in [0.4, 0.5) is 0 Å². The topological polar surface area (TPSA) is 57.3 Å². The molecule has 21 heavy (non-hydrogen) atoms. The molecule has 1 saturated heterocycles. The molecule has 8 heteroatoms. The van der Waals surface area contributed by atoms with Gasteiger partial charge in [-0.2, -0.15) is 0 Å². The molecule has 1 aliphatic heterocycles. The number of pyridine rings is 1. The fourth-order valence-corrected chi connectivity index (χ4v) is 2.30. The lowest BCUT2D eigenvalue weighted by molar-refractivity contribution is 0.0951. The second kappa shape index (κ2) is 11.0. The number of hydrogen-bond acceptors (Lipinski definition) is 4. The predicted molar refractivity (Wildman–Crippen MR) is 90.0 cm³/mol. The number of piperazine rings is 1. The number of aromatic nitrogens is 1. The van der Waals surface area contributed by atoms with Gasteiger partial charge in [-0.1, -0.05) is 11.6 Å². The Hall–Kier alpha value is -0.590. The quantitative estimate of drug-likeness (QED) is 0.788. The Balaban J connectivity index is 0.00000200. The van der Waals surface area contributed by atoms with Crippen LogP contribution in [0.25, 0.3) is 0 Å². The lowest BCUT2D eigenvalue weighted by atomic mass is 10.2. The molecule has 2 N–H and O–H groups in total. The molecule has 1 aromatic heterocycles. The molecule has 1 amide bonds. The molecule has 1 aromatic rings. The molecule has 2 heterocycles. The van der Waals surface area contributed by atoms with Crippen LogP contribution in [0.5, 0.6) is 0 Å². The zero-order valence-electron chi connectivity index (χ0n) is 11.7. The summed E-state index contributed by atoms with van der Waals surface area (Å²) < 4.78 is 0. The van der Waals surface area contributed by atoms with E-state index >= 15 is 0 Å². The average Bonchev–Trinajstić information content (AvgIpc) is 2.45. The zero-order chi connectivity index (χ0) is 13.5. The molecule has 5 nitrogen and oxygen atoms in total. The van der Waals surface area contributed by atoms with Crippen molar-refractivity contribution in [2.75, 3.05) is 39.3 Å². The molecule has 0 bridgehead atoms. The van der Waals surface area contributed by atoms with Gasteiger partial charge in [0.1, 0.15) is 0 Å². The van der Waals surface area contributed by atoms with Crippen molar-refractivity contribution in [2.45, 2.75) is 6.42 Å². The van der Waals surface area contributed by atoms with Gasteiger partial charge in [0.2, 0.25) is 0 Å². The molecule has 0 unspecified atom stereocenters. The van der Waals surface area contributed by atoms with Crippen LogP contribution in [0.15, 0.2) is 18.5 Å². The van der Waals surface area contributed by atoms with Gasteiger partial charge in [0.05, 0.1) is 10.6 Å². The van der Waals surface area contributed by atoms with Gasteiger partial charge in [0.25, 0.3) is 5.91 Å². The first-order chi connectivity index (χ1) is 9.27. The first kappa shape index (κ1) is 20.4. The van der Waals surface area contributed by atoms with Gasteiger partial charge < -0.3 is 15.5 Å². The van der Waals surface area contributed by atoms with Crippen LogP contribution in [0.1, 0.15) is 16.8 Å². The number of carbonyl (C=O) groups excluding carboxylic acids is 1. The lowest BCUT2D eigenvalue weighted by Crippen LogP contribution is -2.44. The predicted octanol–water partition coefficient (Wildman–Crippen LogP) is 1.60. The van der Waals surface area contributed by atoms with Crippen molar-refractivity contribution in [3.8, 4) is 0 Å². The third-order valence-electron chi connectivity index (χ3n) is 3.16. The highest BCUT2D eigenvalue weighted by Crippen LogP contribution is 2.12. The fourth-order valence-electron chi connectivity index (χ4n) is 2.09. The summed E-state index contributed by atoms with van der Waals surface area (Å²) in [4.78, 5) is 18.1. The van der Waals surface area contributed by atoms with E-state index in [0.29, 0.717) is 17.1 Å². The van der Waals surface area contributed by atoms with Crippen molar-refractivity contribution >= 4 is 42.3 Å². The van der Waals surface area contributed by atoms with Crippen molar-refractivity contribution in [3.05, 3.63) is 29.0 Å². The van der Waals surface area contributed by atoms with E-state index in [0.717, 1.165) is 39.1 Å². The van der Waals surface area contributed by atoms with Crippen molar-refractivity contribution in [2.24, 2.45) is 0 Å². The van der Waals surface area contributed by atoms with E-state index < -0.39 is 0 Å². The van der Waals surface area contributed by atoms with Crippen LogP contribution < -0.4 is 10.6 Å². The van der Waals surface area contributed by atoms with E-state index in [4.69, 9.17) is 11.6 Å². The Morgan fingerprint density at radius 2 is 2.10 bits per heavy atom. The van der Waals surface area contributed by atoms with Crippen LogP contribution in [-0.2, 0) is 0 Å². The van der Waals surface area contributed by atoms with Gasteiger partial charge in [-0.3, -0.25) is 9.78 Å². The number of amides is 1. The molecule has 0 saturated carbocycles. The number of carbonyl (C=O) groups is 1. The maximum Gasteiger partial charge on any atom is 0.252 e. The Bertz CT molecular complexity index is 428. The molecule has 1 fully saturated rings. The number of halogens is 3. The largest absolute Gasteiger partial charge is 0.352 e. The Morgan fingerprint density at radius 3 is 2.76 bits per heavy atom. The summed E-state index contributed by atoms with van der Waals surface area (Å²) in [5.41, 5.74) is 0.485. The second-order valence-corrected chi connectivity index (χ2v) is 4.96. The van der Waals surface area contributed by atoms with Crippen LogP contribution in [-0.4, -0.2) is 55.1 Å². The Morgan fingerprint density at radius 1 is 1.38 bits per heavy atom. The van der Waals surface area contributed by atoms with E-state index in [1.165, 1.54) is 6.20 Å². The highest BCUT2D eigenvalue weighted by atomic mass is 35.5. The minimum Gasteiger partial charge on any atom is -0.352 e. The summed E-state index contributed by atoms with van der Waals surface area (Å²) in [6, 6.07) is 1.63. The number of nitrogens with zero attached hydrogens (tertiary/aromatic N) is 2. The van der Waals surface area contributed by atoms with Gasteiger partial charge in [-0.25, -0.2) is 0 Å². The molecule has 1 aliphatic rings. The Kier molecular flexibility index (Phi) is 10.7. The first-order valence-corrected chi connectivity index (χ1v) is 6.96. The number of hydrogen-bond donors (Lipinski definition) is 2. The average molecular weight is 356 g/mol. The van der Waals surface area contributed by atoms with E-state index in [9.17, 15) is 4.79 Å². The number of nitrogens with one attached hydrogen (secondary N) is 2. The second-order valence-electron chi connectivity index (χ2n) is 4.56. The van der Waals surface area contributed by atoms with Crippen LogP contribution in [0, 0.1) is 0 Å². The standard InChI is InChI=1S/C13H19ClN4O.2ClH/c14-12-10-16-4-2-11(12)13(19)17-3-1-7-18-8-5-15-6-9-18;;/h2,4,10,15H,1,3,5-9H2,(H,17,19);2*1H. The van der Waals surface area contributed by atoms with E-state index in [1.54, 1.807) is 12.3 Å². The minimum absolute atomic E-state index is 0. The maximum atomic E-state index is 11.9. The highest BCUT2D eigenvalue weighted by Gasteiger charge is 2.11. The molecular weight excluding hydrogens is 335 g/mol. The smallest absolute Gasteiger partial charge is 0.252 e. The molecule has 120 valence electrons. The first-order valence-electron chi connectivity index (χ1n) is 6.58. The molecule has 0 aliphatic carbocycles. The van der Waals surface area contributed by atoms with Gasteiger partial charge in [-0.05, 0) is 19.0 Å². The minimum atomic E-state index is -0.132. The molecule has 0 spiro atoms. The highest BCUT2D eigenvalue weighted by molar-refractivity contribution is 6.33. The van der Waals surface area contributed by atoms with Gasteiger partial charge >= 0.3 is 0 Å².